The average Bonchev–Trinajstić information content (AvgIpc) is 2.74. The first kappa shape index (κ1) is 23.9. The van der Waals surface area contributed by atoms with Crippen molar-refractivity contribution in [3.63, 3.8) is 0 Å². The molecule has 0 saturated heterocycles. The van der Waals surface area contributed by atoms with Crippen LogP contribution in [0.2, 0.25) is 0 Å². The van der Waals surface area contributed by atoms with E-state index < -0.39 is 6.04 Å². The molecule has 2 aromatic carbocycles. The third kappa shape index (κ3) is 7.13. The molecule has 0 bridgehead atoms. The predicted molar refractivity (Wildman–Crippen MR) is 122 cm³/mol. The van der Waals surface area contributed by atoms with Gasteiger partial charge in [-0.2, -0.15) is 5.10 Å². The highest BCUT2D eigenvalue weighted by Gasteiger charge is 2.24. The number of carbonyl (C=O) groups is 2. The van der Waals surface area contributed by atoms with Gasteiger partial charge in [-0.05, 0) is 62.6 Å². The molecule has 0 aliphatic rings. The van der Waals surface area contributed by atoms with Gasteiger partial charge in [0.15, 0.2) is 11.5 Å². The van der Waals surface area contributed by atoms with E-state index in [2.05, 4.69) is 15.8 Å². The van der Waals surface area contributed by atoms with Crippen LogP contribution in [-0.2, 0) is 4.79 Å². The second-order valence-corrected chi connectivity index (χ2v) is 7.37. The summed E-state index contributed by atoms with van der Waals surface area (Å²) in [5.74, 6) is 0.474. The van der Waals surface area contributed by atoms with Crippen LogP contribution in [0.5, 0.6) is 11.5 Å². The second-order valence-electron chi connectivity index (χ2n) is 7.37. The van der Waals surface area contributed by atoms with E-state index in [-0.39, 0.29) is 17.7 Å². The number of hydrazone groups is 1. The Morgan fingerprint density at radius 3 is 2.26 bits per heavy atom. The molecular formula is C24H31N3O4. The molecule has 0 saturated carbocycles. The molecule has 0 spiro atoms. The van der Waals surface area contributed by atoms with Crippen molar-refractivity contribution in [2.75, 3.05) is 13.2 Å². The topological polar surface area (TPSA) is 89.0 Å². The first-order valence-electron chi connectivity index (χ1n) is 10.5. The fourth-order valence-electron chi connectivity index (χ4n) is 2.85. The van der Waals surface area contributed by atoms with E-state index >= 15 is 0 Å². The summed E-state index contributed by atoms with van der Waals surface area (Å²) >= 11 is 0. The van der Waals surface area contributed by atoms with Crippen molar-refractivity contribution >= 4 is 18.0 Å². The molecule has 1 unspecified atom stereocenters. The summed E-state index contributed by atoms with van der Waals surface area (Å²) in [5.41, 5.74) is 4.83. The number of amides is 2. The third-order valence-corrected chi connectivity index (χ3v) is 4.51. The molecule has 2 rings (SSSR count). The van der Waals surface area contributed by atoms with Gasteiger partial charge in [0.25, 0.3) is 11.8 Å². The summed E-state index contributed by atoms with van der Waals surface area (Å²) in [4.78, 5) is 25.1. The molecule has 0 fully saturated rings. The van der Waals surface area contributed by atoms with Crippen molar-refractivity contribution in [2.24, 2.45) is 11.0 Å². The lowest BCUT2D eigenvalue weighted by molar-refractivity contribution is -0.123. The van der Waals surface area contributed by atoms with E-state index in [4.69, 9.17) is 9.47 Å². The summed E-state index contributed by atoms with van der Waals surface area (Å²) < 4.78 is 11.1. The fourth-order valence-corrected chi connectivity index (χ4v) is 2.85. The molecule has 2 N–H and O–H groups in total. The van der Waals surface area contributed by atoms with Gasteiger partial charge >= 0.3 is 0 Å². The Morgan fingerprint density at radius 2 is 1.65 bits per heavy atom. The number of carbonyl (C=O) groups excluding carboxylic acids is 2. The van der Waals surface area contributed by atoms with Crippen molar-refractivity contribution in [1.29, 1.82) is 0 Å². The molecule has 0 aliphatic carbocycles. The zero-order valence-corrected chi connectivity index (χ0v) is 18.8. The smallest absolute Gasteiger partial charge is 0.262 e. The summed E-state index contributed by atoms with van der Waals surface area (Å²) in [6, 6.07) is 11.9. The highest BCUT2D eigenvalue weighted by Crippen LogP contribution is 2.27. The number of hydrogen-bond donors (Lipinski definition) is 2. The lowest BCUT2D eigenvalue weighted by Gasteiger charge is -2.20. The Balaban J connectivity index is 2.04. The van der Waals surface area contributed by atoms with Crippen molar-refractivity contribution in [2.45, 2.75) is 40.7 Å². The number of ether oxygens (including phenoxy) is 2. The molecule has 0 aromatic heterocycles. The summed E-state index contributed by atoms with van der Waals surface area (Å²) in [7, 11) is 0. The van der Waals surface area contributed by atoms with E-state index in [1.165, 1.54) is 6.21 Å². The van der Waals surface area contributed by atoms with Crippen molar-refractivity contribution in [3.05, 3.63) is 59.2 Å². The largest absolute Gasteiger partial charge is 0.490 e. The van der Waals surface area contributed by atoms with E-state index in [9.17, 15) is 9.59 Å². The Kier molecular flexibility index (Phi) is 9.06. The van der Waals surface area contributed by atoms with Gasteiger partial charge in [0.1, 0.15) is 6.04 Å². The monoisotopic (exact) mass is 425 g/mol. The fraction of sp³-hybridized carbons (Fsp3) is 0.375. The molecule has 0 radical (unpaired) electrons. The summed E-state index contributed by atoms with van der Waals surface area (Å²) in [5, 5.41) is 6.83. The molecule has 0 aliphatic heterocycles. The average molecular weight is 426 g/mol. The minimum Gasteiger partial charge on any atom is -0.490 e. The third-order valence-electron chi connectivity index (χ3n) is 4.51. The number of nitrogens with zero attached hydrogens (tertiary/aromatic N) is 1. The van der Waals surface area contributed by atoms with Crippen molar-refractivity contribution < 1.29 is 19.1 Å². The van der Waals surface area contributed by atoms with Gasteiger partial charge < -0.3 is 14.8 Å². The molecule has 2 amide bonds. The van der Waals surface area contributed by atoms with Crippen LogP contribution in [0.15, 0.2) is 47.6 Å². The lowest BCUT2D eigenvalue weighted by Crippen LogP contribution is -2.48. The predicted octanol–water partition coefficient (Wildman–Crippen LogP) is 3.70. The molecule has 1 atom stereocenters. The molecule has 31 heavy (non-hydrogen) atoms. The van der Waals surface area contributed by atoms with E-state index in [0.717, 1.165) is 11.1 Å². The molecule has 7 nitrogen and oxygen atoms in total. The minimum absolute atomic E-state index is 0.111. The lowest BCUT2D eigenvalue weighted by atomic mass is 10.0. The number of benzene rings is 2. The van der Waals surface area contributed by atoms with Crippen LogP contribution in [0.1, 0.15) is 49.2 Å². The summed E-state index contributed by atoms with van der Waals surface area (Å²) in [6.07, 6.45) is 1.52. The Bertz CT molecular complexity index is 908. The molecule has 0 heterocycles. The maximum absolute atomic E-state index is 12.6. The Hall–Kier alpha value is -3.35. The van der Waals surface area contributed by atoms with Crippen LogP contribution in [-0.4, -0.2) is 37.3 Å². The van der Waals surface area contributed by atoms with Gasteiger partial charge in [-0.3, -0.25) is 9.59 Å². The number of rotatable bonds is 10. The second kappa shape index (κ2) is 11.7. The standard InChI is InChI=1S/C24H31N3O4/c1-6-30-20-13-10-18(14-21(20)31-7-2)15-25-27-24(29)22(16(3)4)26-23(28)19-11-8-17(5)9-12-19/h8-16,22H,6-7H2,1-5H3,(H,26,28)(H,27,29)/b25-15-. The van der Waals surface area contributed by atoms with Gasteiger partial charge in [-0.25, -0.2) is 5.43 Å². The van der Waals surface area contributed by atoms with E-state index in [0.29, 0.717) is 30.3 Å². The normalized spacial score (nSPS) is 11.9. The van der Waals surface area contributed by atoms with Crippen LogP contribution in [0, 0.1) is 12.8 Å². The SMILES string of the molecule is CCOc1ccc(/C=N\NC(=O)C(NC(=O)c2ccc(C)cc2)C(C)C)cc1OCC. The zero-order valence-electron chi connectivity index (χ0n) is 18.8. The molecule has 7 heteroatoms. The number of nitrogens with one attached hydrogen (secondary N) is 2. The highest BCUT2D eigenvalue weighted by atomic mass is 16.5. The van der Waals surface area contributed by atoms with Crippen molar-refractivity contribution in [3.8, 4) is 11.5 Å². The van der Waals surface area contributed by atoms with Crippen LogP contribution in [0.4, 0.5) is 0 Å². The number of hydrogen-bond acceptors (Lipinski definition) is 5. The van der Waals surface area contributed by atoms with Crippen molar-refractivity contribution in [1.82, 2.24) is 10.7 Å². The van der Waals surface area contributed by atoms with Gasteiger partial charge in [-0.1, -0.05) is 31.5 Å². The maximum atomic E-state index is 12.6. The summed E-state index contributed by atoms with van der Waals surface area (Å²) in [6.45, 7) is 10.5. The highest BCUT2D eigenvalue weighted by molar-refractivity contribution is 5.97. The maximum Gasteiger partial charge on any atom is 0.262 e. The quantitative estimate of drug-likeness (QED) is 0.449. The molecule has 2 aromatic rings. The minimum atomic E-state index is -0.717. The first-order valence-corrected chi connectivity index (χ1v) is 10.5. The van der Waals surface area contributed by atoms with Crippen LogP contribution in [0.3, 0.4) is 0 Å². The molecular weight excluding hydrogens is 394 g/mol. The van der Waals surface area contributed by atoms with Gasteiger partial charge in [0.2, 0.25) is 0 Å². The number of aryl methyl sites for hydroxylation is 1. The van der Waals surface area contributed by atoms with Crippen LogP contribution in [0.25, 0.3) is 0 Å². The van der Waals surface area contributed by atoms with E-state index in [1.54, 1.807) is 24.3 Å². The van der Waals surface area contributed by atoms with Gasteiger partial charge in [0, 0.05) is 5.56 Å². The zero-order chi connectivity index (χ0) is 22.8. The molecule has 166 valence electrons. The first-order chi connectivity index (χ1) is 14.8. The van der Waals surface area contributed by atoms with E-state index in [1.807, 2.05) is 52.8 Å². The van der Waals surface area contributed by atoms with Gasteiger partial charge in [0.05, 0.1) is 19.4 Å². The Morgan fingerprint density at radius 1 is 1.00 bits per heavy atom. The van der Waals surface area contributed by atoms with Crippen LogP contribution < -0.4 is 20.2 Å². The van der Waals surface area contributed by atoms with Gasteiger partial charge in [-0.15, -0.1) is 0 Å². The van der Waals surface area contributed by atoms with Crippen LogP contribution >= 0.6 is 0 Å². The Labute approximate surface area is 183 Å².